The first kappa shape index (κ1) is 11.6. The highest BCUT2D eigenvalue weighted by molar-refractivity contribution is 5.01. The topological polar surface area (TPSA) is 3.88 Å². The molecule has 0 aliphatic carbocycles. The van der Waals surface area contributed by atoms with E-state index < -0.39 is 0 Å². The Bertz CT molecular complexity index is 223. The molecule has 1 aromatic heterocycles. The quantitative estimate of drug-likeness (QED) is 0.592. The third-order valence-corrected chi connectivity index (χ3v) is 1.78. The lowest BCUT2D eigenvalue weighted by Gasteiger charge is -1.94. The van der Waals surface area contributed by atoms with Gasteiger partial charge in [-0.25, -0.2) is 4.57 Å². The average molecular weight is 230 g/mol. The van der Waals surface area contributed by atoms with Gasteiger partial charge in [-0.3, -0.25) is 0 Å². The molecule has 0 saturated carbocycles. The van der Waals surface area contributed by atoms with Crippen molar-refractivity contribution in [2.24, 2.45) is 0 Å². The SMILES string of the molecule is CCCC[n+]1cccc(C)c1.[Br-]. The number of halogens is 1. The van der Waals surface area contributed by atoms with Gasteiger partial charge in [-0.1, -0.05) is 13.3 Å². The maximum Gasteiger partial charge on any atom is 0.171 e. The number of pyridine rings is 1. The lowest BCUT2D eigenvalue weighted by Crippen LogP contribution is -3.00. The lowest BCUT2D eigenvalue weighted by molar-refractivity contribution is -0.697. The van der Waals surface area contributed by atoms with E-state index in [4.69, 9.17) is 0 Å². The van der Waals surface area contributed by atoms with Gasteiger partial charge in [-0.15, -0.1) is 0 Å². The first-order chi connectivity index (χ1) is 5.33. The molecule has 0 saturated heterocycles. The van der Waals surface area contributed by atoms with E-state index in [9.17, 15) is 0 Å². The van der Waals surface area contributed by atoms with Crippen molar-refractivity contribution >= 4 is 0 Å². The highest BCUT2D eigenvalue weighted by Gasteiger charge is 1.97. The average Bonchev–Trinajstić information content (AvgIpc) is 2.01. The molecule has 68 valence electrons. The van der Waals surface area contributed by atoms with E-state index in [1.807, 2.05) is 0 Å². The van der Waals surface area contributed by atoms with E-state index in [1.165, 1.54) is 18.4 Å². The number of hydrogen-bond donors (Lipinski definition) is 0. The maximum absolute atomic E-state index is 2.25. The molecule has 0 aliphatic heterocycles. The zero-order chi connectivity index (χ0) is 8.10. The Kier molecular flexibility index (Phi) is 5.99. The lowest BCUT2D eigenvalue weighted by atomic mass is 10.3. The van der Waals surface area contributed by atoms with Crippen LogP contribution in [0, 0.1) is 6.92 Å². The number of hydrogen-bond acceptors (Lipinski definition) is 0. The molecule has 0 atom stereocenters. The summed E-state index contributed by atoms with van der Waals surface area (Å²) in [4.78, 5) is 0. The van der Waals surface area contributed by atoms with Crippen LogP contribution < -0.4 is 21.5 Å². The second kappa shape index (κ2) is 6.18. The predicted octanol–water partition coefficient (Wildman–Crippen LogP) is -0.913. The summed E-state index contributed by atoms with van der Waals surface area (Å²) in [7, 11) is 0. The van der Waals surface area contributed by atoms with E-state index in [2.05, 4.69) is 42.9 Å². The highest BCUT2D eigenvalue weighted by Crippen LogP contribution is 1.91. The Labute approximate surface area is 85.2 Å². The maximum atomic E-state index is 2.25. The third kappa shape index (κ3) is 3.86. The highest BCUT2D eigenvalue weighted by atomic mass is 79.9. The molecule has 0 fully saturated rings. The number of aryl methyl sites for hydroxylation is 2. The van der Waals surface area contributed by atoms with Gasteiger partial charge in [0.2, 0.25) is 0 Å². The number of aromatic nitrogens is 1. The Hall–Kier alpha value is -0.370. The van der Waals surface area contributed by atoms with Crippen LogP contribution in [0.1, 0.15) is 25.3 Å². The summed E-state index contributed by atoms with van der Waals surface area (Å²) in [5.74, 6) is 0. The number of rotatable bonds is 3. The van der Waals surface area contributed by atoms with Crippen molar-refractivity contribution < 1.29 is 21.5 Å². The Morgan fingerprint density at radius 3 is 2.75 bits per heavy atom. The summed E-state index contributed by atoms with van der Waals surface area (Å²) < 4.78 is 2.25. The summed E-state index contributed by atoms with van der Waals surface area (Å²) >= 11 is 0. The fourth-order valence-corrected chi connectivity index (χ4v) is 1.13. The van der Waals surface area contributed by atoms with Crippen LogP contribution in [0.25, 0.3) is 0 Å². The van der Waals surface area contributed by atoms with Crippen molar-refractivity contribution in [3.8, 4) is 0 Å². The zero-order valence-electron chi connectivity index (χ0n) is 7.76. The minimum Gasteiger partial charge on any atom is -1.00 e. The van der Waals surface area contributed by atoms with Crippen LogP contribution >= 0.6 is 0 Å². The van der Waals surface area contributed by atoms with Crippen LogP contribution in [0.5, 0.6) is 0 Å². The first-order valence-corrected chi connectivity index (χ1v) is 4.28. The normalized spacial score (nSPS) is 9.17. The molecule has 0 unspecified atom stereocenters. The van der Waals surface area contributed by atoms with E-state index in [0.29, 0.717) is 0 Å². The van der Waals surface area contributed by atoms with Crippen molar-refractivity contribution in [2.75, 3.05) is 0 Å². The van der Waals surface area contributed by atoms with Crippen LogP contribution in [0.2, 0.25) is 0 Å². The standard InChI is InChI=1S/C10H16N.BrH/c1-3-4-7-11-8-5-6-10(2)9-11;/h5-6,8-9H,3-4,7H2,1-2H3;1H/q+1;/p-1. The van der Waals surface area contributed by atoms with Gasteiger partial charge in [-0.2, -0.15) is 0 Å². The first-order valence-electron chi connectivity index (χ1n) is 4.28. The minimum absolute atomic E-state index is 0. The fraction of sp³-hybridized carbons (Fsp3) is 0.500. The molecule has 1 aromatic rings. The molecule has 0 radical (unpaired) electrons. The van der Waals surface area contributed by atoms with Gasteiger partial charge in [0, 0.05) is 18.1 Å². The van der Waals surface area contributed by atoms with Crippen molar-refractivity contribution in [3.05, 3.63) is 30.1 Å². The molecule has 0 amide bonds. The van der Waals surface area contributed by atoms with Crippen LogP contribution in [-0.4, -0.2) is 0 Å². The van der Waals surface area contributed by atoms with Crippen LogP contribution in [0.15, 0.2) is 24.5 Å². The molecule has 12 heavy (non-hydrogen) atoms. The van der Waals surface area contributed by atoms with Gasteiger partial charge in [0.25, 0.3) is 0 Å². The zero-order valence-corrected chi connectivity index (χ0v) is 9.34. The van der Waals surface area contributed by atoms with Crippen molar-refractivity contribution in [2.45, 2.75) is 33.2 Å². The number of unbranched alkanes of at least 4 members (excludes halogenated alkanes) is 1. The van der Waals surface area contributed by atoms with E-state index in [1.54, 1.807) is 0 Å². The summed E-state index contributed by atoms with van der Waals surface area (Å²) in [6, 6.07) is 4.23. The van der Waals surface area contributed by atoms with Crippen molar-refractivity contribution in [3.63, 3.8) is 0 Å². The molecule has 0 bridgehead atoms. The van der Waals surface area contributed by atoms with E-state index >= 15 is 0 Å². The summed E-state index contributed by atoms with van der Waals surface area (Å²) in [5, 5.41) is 0. The molecule has 0 spiro atoms. The summed E-state index contributed by atoms with van der Waals surface area (Å²) in [5.41, 5.74) is 1.34. The third-order valence-electron chi connectivity index (χ3n) is 1.78. The summed E-state index contributed by atoms with van der Waals surface area (Å²) in [6.45, 7) is 5.50. The molecule has 1 nitrogen and oxygen atoms in total. The monoisotopic (exact) mass is 229 g/mol. The van der Waals surface area contributed by atoms with Gasteiger partial charge >= 0.3 is 0 Å². The Morgan fingerprint density at radius 1 is 1.42 bits per heavy atom. The van der Waals surface area contributed by atoms with E-state index in [-0.39, 0.29) is 17.0 Å². The predicted molar refractivity (Wildman–Crippen MR) is 46.3 cm³/mol. The van der Waals surface area contributed by atoms with Crippen molar-refractivity contribution in [1.29, 1.82) is 0 Å². The van der Waals surface area contributed by atoms with Crippen LogP contribution in [0.4, 0.5) is 0 Å². The second-order valence-corrected chi connectivity index (χ2v) is 2.97. The molecule has 0 N–H and O–H groups in total. The van der Waals surface area contributed by atoms with Crippen LogP contribution in [-0.2, 0) is 6.54 Å². The van der Waals surface area contributed by atoms with Crippen LogP contribution in [0.3, 0.4) is 0 Å². The largest absolute Gasteiger partial charge is 1.00 e. The minimum atomic E-state index is 0. The molecule has 0 aliphatic rings. The molecular formula is C10H16BrN. The Balaban J connectivity index is 0.00000121. The Morgan fingerprint density at radius 2 is 2.17 bits per heavy atom. The van der Waals surface area contributed by atoms with Gasteiger partial charge in [0.15, 0.2) is 12.4 Å². The van der Waals surface area contributed by atoms with Gasteiger partial charge in [0.05, 0.1) is 0 Å². The molecule has 0 aromatic carbocycles. The smallest absolute Gasteiger partial charge is 0.171 e. The second-order valence-electron chi connectivity index (χ2n) is 2.97. The molecule has 1 heterocycles. The number of nitrogens with zero attached hydrogens (tertiary/aromatic N) is 1. The molecular weight excluding hydrogens is 214 g/mol. The fourth-order valence-electron chi connectivity index (χ4n) is 1.13. The van der Waals surface area contributed by atoms with E-state index in [0.717, 1.165) is 6.54 Å². The van der Waals surface area contributed by atoms with Gasteiger partial charge in [0.1, 0.15) is 6.54 Å². The van der Waals surface area contributed by atoms with Gasteiger partial charge < -0.3 is 17.0 Å². The van der Waals surface area contributed by atoms with Gasteiger partial charge in [-0.05, 0) is 13.0 Å². The van der Waals surface area contributed by atoms with Crippen molar-refractivity contribution in [1.82, 2.24) is 0 Å². The molecule has 1 rings (SSSR count). The molecule has 2 heteroatoms. The summed E-state index contributed by atoms with van der Waals surface area (Å²) in [6.07, 6.45) is 6.85.